The number of nitro groups is 1. The van der Waals surface area contributed by atoms with Crippen LogP contribution in [0, 0.1) is 10.1 Å². The maximum atomic E-state index is 12.9. The van der Waals surface area contributed by atoms with Crippen LogP contribution in [-0.2, 0) is 17.9 Å². The molecular weight excluding hydrogens is 456 g/mol. The van der Waals surface area contributed by atoms with Crippen LogP contribution in [0.1, 0.15) is 16.7 Å². The van der Waals surface area contributed by atoms with Crippen molar-refractivity contribution >= 4 is 34.7 Å². The monoisotopic (exact) mass is 476 g/mol. The van der Waals surface area contributed by atoms with Gasteiger partial charge in [-0.2, -0.15) is 0 Å². The highest BCUT2D eigenvalue weighted by molar-refractivity contribution is 8.18. The largest absolute Gasteiger partial charge is 0.493 e. The van der Waals surface area contributed by atoms with Crippen molar-refractivity contribution in [1.29, 1.82) is 0 Å². The van der Waals surface area contributed by atoms with Gasteiger partial charge < -0.3 is 9.47 Å². The molecule has 0 radical (unpaired) electrons. The molecule has 2 amide bonds. The molecule has 34 heavy (non-hydrogen) atoms. The quantitative estimate of drug-likeness (QED) is 0.243. The predicted molar refractivity (Wildman–Crippen MR) is 128 cm³/mol. The fraction of sp³-hybridized carbons (Fsp3) is 0.120. The minimum atomic E-state index is -0.561. The Bertz CT molecular complexity index is 1260. The van der Waals surface area contributed by atoms with Crippen LogP contribution >= 0.6 is 11.8 Å². The molecule has 1 heterocycles. The third-order valence-corrected chi connectivity index (χ3v) is 6.00. The number of nitro benzene ring substituents is 1. The predicted octanol–water partition coefficient (Wildman–Crippen LogP) is 5.42. The normalized spacial score (nSPS) is 14.5. The molecule has 0 aliphatic carbocycles. The molecular formula is C25H20N2O6S. The van der Waals surface area contributed by atoms with E-state index in [-0.39, 0.29) is 40.8 Å². The zero-order valence-corrected chi connectivity index (χ0v) is 19.0. The van der Waals surface area contributed by atoms with Crippen LogP contribution in [0.15, 0.2) is 77.7 Å². The van der Waals surface area contributed by atoms with Crippen LogP contribution < -0.4 is 9.47 Å². The van der Waals surface area contributed by atoms with Crippen molar-refractivity contribution in [2.75, 3.05) is 7.11 Å². The first-order valence-corrected chi connectivity index (χ1v) is 11.1. The Morgan fingerprint density at radius 2 is 1.62 bits per heavy atom. The fourth-order valence-corrected chi connectivity index (χ4v) is 4.22. The van der Waals surface area contributed by atoms with Crippen LogP contribution in [-0.4, -0.2) is 28.1 Å². The zero-order chi connectivity index (χ0) is 24.1. The summed E-state index contributed by atoms with van der Waals surface area (Å²) in [6.45, 7) is 0.326. The molecule has 9 heteroatoms. The van der Waals surface area contributed by atoms with E-state index in [9.17, 15) is 19.7 Å². The molecule has 0 unspecified atom stereocenters. The highest BCUT2D eigenvalue weighted by Crippen LogP contribution is 2.39. The number of imide groups is 1. The Labute approximate surface area is 199 Å². The number of ether oxygens (including phenoxy) is 2. The summed E-state index contributed by atoms with van der Waals surface area (Å²) in [7, 11) is 1.42. The van der Waals surface area contributed by atoms with Crippen molar-refractivity contribution in [2.45, 2.75) is 13.2 Å². The maximum Gasteiger partial charge on any atom is 0.293 e. The smallest absolute Gasteiger partial charge is 0.293 e. The van der Waals surface area contributed by atoms with Crippen molar-refractivity contribution in [3.8, 4) is 11.5 Å². The van der Waals surface area contributed by atoms with Crippen molar-refractivity contribution in [2.24, 2.45) is 0 Å². The number of carbonyl (C=O) groups excluding carboxylic acids is 2. The number of rotatable bonds is 8. The molecule has 3 aromatic carbocycles. The molecule has 1 fully saturated rings. The number of amides is 2. The first-order chi connectivity index (χ1) is 16.5. The van der Waals surface area contributed by atoms with Crippen molar-refractivity contribution in [3.05, 3.63) is 105 Å². The highest BCUT2D eigenvalue weighted by Gasteiger charge is 2.35. The Kier molecular flexibility index (Phi) is 6.93. The van der Waals surface area contributed by atoms with Gasteiger partial charge in [-0.15, -0.1) is 0 Å². The Morgan fingerprint density at radius 1 is 0.971 bits per heavy atom. The standard InChI is InChI=1S/C25H20N2O6S/c1-32-21-12-19(20(27(30)31)14-22(21)33-16-18-10-6-3-7-11-18)13-23-24(28)26(25(29)34-23)15-17-8-4-2-5-9-17/h2-14H,15-16H2,1H3/b23-13+. The number of hydrogen-bond donors (Lipinski definition) is 0. The average molecular weight is 477 g/mol. The fourth-order valence-electron chi connectivity index (χ4n) is 3.39. The van der Waals surface area contributed by atoms with Crippen LogP contribution in [0.5, 0.6) is 11.5 Å². The minimum absolute atomic E-state index is 0.101. The van der Waals surface area contributed by atoms with Crippen LogP contribution in [0.3, 0.4) is 0 Å². The lowest BCUT2D eigenvalue weighted by Crippen LogP contribution is -2.27. The number of benzene rings is 3. The molecule has 0 N–H and O–H groups in total. The van der Waals surface area contributed by atoms with E-state index >= 15 is 0 Å². The number of thioether (sulfide) groups is 1. The summed E-state index contributed by atoms with van der Waals surface area (Å²) in [5.41, 5.74) is 1.57. The second-order valence-electron chi connectivity index (χ2n) is 7.35. The van der Waals surface area contributed by atoms with Crippen molar-refractivity contribution in [1.82, 2.24) is 4.90 Å². The van der Waals surface area contributed by atoms with Gasteiger partial charge in [0.25, 0.3) is 16.8 Å². The number of carbonyl (C=O) groups is 2. The average Bonchev–Trinajstić information content (AvgIpc) is 3.11. The molecule has 4 rings (SSSR count). The lowest BCUT2D eigenvalue weighted by atomic mass is 10.1. The van der Waals surface area contributed by atoms with Gasteiger partial charge in [-0.1, -0.05) is 60.7 Å². The highest BCUT2D eigenvalue weighted by atomic mass is 32.2. The van der Waals surface area contributed by atoms with Crippen LogP contribution in [0.4, 0.5) is 10.5 Å². The summed E-state index contributed by atoms with van der Waals surface area (Å²) in [5, 5.41) is 11.4. The van der Waals surface area contributed by atoms with Crippen molar-refractivity contribution < 1.29 is 24.0 Å². The molecule has 172 valence electrons. The molecule has 1 aliphatic rings. The van der Waals surface area contributed by atoms with E-state index in [4.69, 9.17) is 9.47 Å². The van der Waals surface area contributed by atoms with E-state index in [1.807, 2.05) is 60.7 Å². The summed E-state index contributed by atoms with van der Waals surface area (Å²) in [4.78, 5) is 37.8. The van der Waals surface area contributed by atoms with Gasteiger partial charge in [-0.05, 0) is 35.0 Å². The van der Waals surface area contributed by atoms with Gasteiger partial charge >= 0.3 is 0 Å². The third kappa shape index (κ3) is 5.10. The van der Waals surface area contributed by atoms with Crippen LogP contribution in [0.25, 0.3) is 6.08 Å². The molecule has 0 saturated carbocycles. The van der Waals surface area contributed by atoms with Gasteiger partial charge in [0.1, 0.15) is 6.61 Å². The number of nitrogens with zero attached hydrogens (tertiary/aromatic N) is 2. The third-order valence-electron chi connectivity index (χ3n) is 5.09. The molecule has 0 spiro atoms. The molecule has 1 aliphatic heterocycles. The number of methoxy groups -OCH3 is 1. The van der Waals surface area contributed by atoms with Gasteiger partial charge in [0.05, 0.1) is 35.1 Å². The first kappa shape index (κ1) is 23.1. The lowest BCUT2D eigenvalue weighted by molar-refractivity contribution is -0.385. The van der Waals surface area contributed by atoms with Crippen LogP contribution in [0.2, 0.25) is 0 Å². The molecule has 0 bridgehead atoms. The lowest BCUT2D eigenvalue weighted by Gasteiger charge is -2.13. The van der Waals surface area contributed by atoms with E-state index < -0.39 is 16.1 Å². The van der Waals surface area contributed by atoms with E-state index in [0.29, 0.717) is 0 Å². The second-order valence-corrected chi connectivity index (χ2v) is 8.34. The van der Waals surface area contributed by atoms with E-state index in [2.05, 4.69) is 0 Å². The van der Waals surface area contributed by atoms with E-state index in [1.54, 1.807) is 0 Å². The Balaban J connectivity index is 1.62. The molecule has 3 aromatic rings. The van der Waals surface area contributed by atoms with E-state index in [1.165, 1.54) is 25.3 Å². The van der Waals surface area contributed by atoms with Crippen molar-refractivity contribution in [3.63, 3.8) is 0 Å². The Hall–Kier alpha value is -4.11. The number of hydrogen-bond acceptors (Lipinski definition) is 7. The zero-order valence-electron chi connectivity index (χ0n) is 18.2. The van der Waals surface area contributed by atoms with Gasteiger partial charge in [0.15, 0.2) is 11.5 Å². The minimum Gasteiger partial charge on any atom is -0.493 e. The summed E-state index contributed by atoms with van der Waals surface area (Å²) >= 11 is 0.745. The first-order valence-electron chi connectivity index (χ1n) is 10.3. The second kappa shape index (κ2) is 10.2. The van der Waals surface area contributed by atoms with Gasteiger partial charge in [-0.3, -0.25) is 24.6 Å². The topological polar surface area (TPSA) is 99.0 Å². The summed E-state index contributed by atoms with van der Waals surface area (Å²) in [5.74, 6) is -0.0276. The Morgan fingerprint density at radius 3 is 2.24 bits per heavy atom. The van der Waals surface area contributed by atoms with Gasteiger partial charge in [0, 0.05) is 0 Å². The summed E-state index contributed by atoms with van der Waals surface area (Å²) < 4.78 is 11.1. The molecule has 8 nitrogen and oxygen atoms in total. The van der Waals surface area contributed by atoms with Gasteiger partial charge in [-0.25, -0.2) is 0 Å². The molecule has 0 atom stereocenters. The summed E-state index contributed by atoms with van der Waals surface area (Å²) in [6.07, 6.45) is 1.34. The SMILES string of the molecule is COc1cc(/C=C2/SC(=O)N(Cc3ccccc3)C2=O)c([N+](=O)[O-])cc1OCc1ccccc1. The molecule has 1 saturated heterocycles. The summed E-state index contributed by atoms with van der Waals surface area (Å²) in [6, 6.07) is 21.2. The van der Waals surface area contributed by atoms with Gasteiger partial charge in [0.2, 0.25) is 0 Å². The molecule has 0 aromatic heterocycles. The van der Waals surface area contributed by atoms with E-state index in [0.717, 1.165) is 27.8 Å². The maximum absolute atomic E-state index is 12.9.